The Morgan fingerprint density at radius 1 is 1.39 bits per heavy atom. The number of hydrogen-bond donors (Lipinski definition) is 2. The summed E-state index contributed by atoms with van der Waals surface area (Å²) >= 11 is 0. The van der Waals surface area contributed by atoms with Gasteiger partial charge in [-0.3, -0.25) is 0 Å². The summed E-state index contributed by atoms with van der Waals surface area (Å²) in [6, 6.07) is 6.11. The van der Waals surface area contributed by atoms with Gasteiger partial charge in [-0.2, -0.15) is 4.98 Å². The molecule has 1 aromatic carbocycles. The van der Waals surface area contributed by atoms with Crippen LogP contribution < -0.4 is 5.32 Å². The van der Waals surface area contributed by atoms with Crippen molar-refractivity contribution in [2.24, 2.45) is 0 Å². The zero-order valence-corrected chi connectivity index (χ0v) is 9.51. The van der Waals surface area contributed by atoms with Crippen LogP contribution in [0.15, 0.2) is 28.8 Å². The molecule has 0 amide bonds. The molecule has 0 bridgehead atoms. The van der Waals surface area contributed by atoms with Crippen LogP contribution in [0, 0.1) is 5.82 Å². The third-order valence-corrected chi connectivity index (χ3v) is 2.96. The molecule has 1 aromatic heterocycles. The summed E-state index contributed by atoms with van der Waals surface area (Å²) in [7, 11) is 0. The molecule has 1 saturated heterocycles. The van der Waals surface area contributed by atoms with Crippen molar-refractivity contribution in [3.8, 4) is 11.4 Å². The van der Waals surface area contributed by atoms with Crippen molar-refractivity contribution in [2.45, 2.75) is 18.6 Å². The van der Waals surface area contributed by atoms with E-state index in [9.17, 15) is 9.50 Å². The Labute approximate surface area is 103 Å². The van der Waals surface area contributed by atoms with E-state index >= 15 is 0 Å². The Morgan fingerprint density at radius 2 is 2.22 bits per heavy atom. The van der Waals surface area contributed by atoms with E-state index in [-0.39, 0.29) is 17.7 Å². The largest absolute Gasteiger partial charge is 0.392 e. The Bertz CT molecular complexity index is 558. The molecule has 18 heavy (non-hydrogen) atoms. The zero-order chi connectivity index (χ0) is 12.5. The minimum Gasteiger partial charge on any atom is -0.392 e. The summed E-state index contributed by atoms with van der Waals surface area (Å²) < 4.78 is 18.7. The van der Waals surface area contributed by atoms with Gasteiger partial charge < -0.3 is 14.9 Å². The first-order valence-electron chi connectivity index (χ1n) is 5.74. The molecule has 0 aliphatic carbocycles. The van der Waals surface area contributed by atoms with Gasteiger partial charge in [0, 0.05) is 6.54 Å². The van der Waals surface area contributed by atoms with Crippen molar-refractivity contribution < 1.29 is 14.0 Å². The molecule has 5 nitrogen and oxygen atoms in total. The summed E-state index contributed by atoms with van der Waals surface area (Å²) in [5.41, 5.74) is 0.311. The monoisotopic (exact) mass is 249 g/mol. The van der Waals surface area contributed by atoms with Gasteiger partial charge in [0.15, 0.2) is 0 Å². The maximum absolute atomic E-state index is 13.5. The van der Waals surface area contributed by atoms with Crippen LogP contribution in [0.25, 0.3) is 11.4 Å². The third-order valence-electron chi connectivity index (χ3n) is 2.96. The maximum atomic E-state index is 13.5. The number of β-amino-alcohol motifs (C(OH)–C–C–N with tert-alkyl or cyclic N) is 1. The minimum atomic E-state index is -0.404. The van der Waals surface area contributed by atoms with E-state index in [1.54, 1.807) is 18.2 Å². The molecule has 0 spiro atoms. The first-order valence-corrected chi connectivity index (χ1v) is 5.74. The van der Waals surface area contributed by atoms with Crippen molar-refractivity contribution in [3.05, 3.63) is 36.0 Å². The summed E-state index contributed by atoms with van der Waals surface area (Å²) in [5.74, 6) is 0.223. The fraction of sp³-hybridized carbons (Fsp3) is 0.333. The van der Waals surface area contributed by atoms with Crippen LogP contribution >= 0.6 is 0 Å². The average molecular weight is 249 g/mol. The zero-order valence-electron chi connectivity index (χ0n) is 9.51. The van der Waals surface area contributed by atoms with E-state index < -0.39 is 6.10 Å². The lowest BCUT2D eigenvalue weighted by atomic mass is 10.2. The summed E-state index contributed by atoms with van der Waals surface area (Å²) in [6.07, 6.45) is 0.123. The lowest BCUT2D eigenvalue weighted by molar-refractivity contribution is 0.191. The summed E-state index contributed by atoms with van der Waals surface area (Å²) in [6.45, 7) is 0.502. The van der Waals surface area contributed by atoms with Crippen LogP contribution in [-0.4, -0.2) is 27.9 Å². The SMILES string of the molecule is OC1CN[C@H](c2nc(-c3ccccc3F)no2)C1. The highest BCUT2D eigenvalue weighted by atomic mass is 19.1. The van der Waals surface area contributed by atoms with Gasteiger partial charge in [0.2, 0.25) is 11.7 Å². The molecule has 1 unspecified atom stereocenters. The highest BCUT2D eigenvalue weighted by Crippen LogP contribution is 2.25. The molecule has 2 atom stereocenters. The van der Waals surface area contributed by atoms with Crippen LogP contribution in [0.2, 0.25) is 0 Å². The molecule has 2 heterocycles. The molecule has 0 saturated carbocycles. The third kappa shape index (κ3) is 2.00. The van der Waals surface area contributed by atoms with E-state index in [1.165, 1.54) is 6.07 Å². The van der Waals surface area contributed by atoms with Crippen molar-refractivity contribution in [3.63, 3.8) is 0 Å². The number of hydrogen-bond acceptors (Lipinski definition) is 5. The van der Waals surface area contributed by atoms with E-state index in [2.05, 4.69) is 15.5 Å². The van der Waals surface area contributed by atoms with Crippen molar-refractivity contribution in [2.75, 3.05) is 6.54 Å². The van der Waals surface area contributed by atoms with E-state index in [1.807, 2.05) is 0 Å². The molecule has 1 fully saturated rings. The second kappa shape index (κ2) is 4.47. The molecule has 6 heteroatoms. The number of aliphatic hydroxyl groups excluding tert-OH is 1. The topological polar surface area (TPSA) is 71.2 Å². The number of halogens is 1. The quantitative estimate of drug-likeness (QED) is 0.838. The Balaban J connectivity index is 1.88. The second-order valence-corrected chi connectivity index (χ2v) is 4.29. The van der Waals surface area contributed by atoms with Crippen LogP contribution in [-0.2, 0) is 0 Å². The fourth-order valence-electron chi connectivity index (χ4n) is 2.03. The Morgan fingerprint density at radius 3 is 2.94 bits per heavy atom. The van der Waals surface area contributed by atoms with E-state index in [0.717, 1.165) is 0 Å². The first kappa shape index (κ1) is 11.3. The molecule has 3 rings (SSSR count). The first-order chi connectivity index (χ1) is 8.74. The van der Waals surface area contributed by atoms with Gasteiger partial charge in [-0.05, 0) is 18.6 Å². The molecule has 1 aliphatic rings. The number of nitrogens with one attached hydrogen (secondary N) is 1. The van der Waals surface area contributed by atoms with E-state index in [0.29, 0.717) is 24.4 Å². The molecule has 2 N–H and O–H groups in total. The molecule has 0 radical (unpaired) electrons. The van der Waals surface area contributed by atoms with Crippen molar-refractivity contribution in [1.29, 1.82) is 0 Å². The number of rotatable bonds is 2. The standard InChI is InChI=1S/C12H12FN3O2/c13-9-4-2-1-3-8(9)11-15-12(18-16-11)10-5-7(17)6-14-10/h1-4,7,10,14,17H,5-6H2/t7?,10-/m0/s1. The molecule has 1 aliphatic heterocycles. The number of aliphatic hydroxyl groups is 1. The highest BCUT2D eigenvalue weighted by molar-refractivity contribution is 5.54. The van der Waals surface area contributed by atoms with Gasteiger partial charge in [-0.1, -0.05) is 17.3 Å². The highest BCUT2D eigenvalue weighted by Gasteiger charge is 2.28. The van der Waals surface area contributed by atoms with Crippen LogP contribution in [0.1, 0.15) is 18.4 Å². The predicted octanol–water partition coefficient (Wildman–Crippen LogP) is 1.27. The smallest absolute Gasteiger partial charge is 0.244 e. The molecule has 94 valence electrons. The van der Waals surface area contributed by atoms with Crippen LogP contribution in [0.4, 0.5) is 4.39 Å². The number of aromatic nitrogens is 2. The van der Waals surface area contributed by atoms with Gasteiger partial charge in [-0.25, -0.2) is 4.39 Å². The van der Waals surface area contributed by atoms with Crippen LogP contribution in [0.3, 0.4) is 0 Å². The van der Waals surface area contributed by atoms with Crippen LogP contribution in [0.5, 0.6) is 0 Å². The number of nitrogens with zero attached hydrogens (tertiary/aromatic N) is 2. The maximum Gasteiger partial charge on any atom is 0.244 e. The van der Waals surface area contributed by atoms with Gasteiger partial charge in [0.05, 0.1) is 17.7 Å². The summed E-state index contributed by atoms with van der Waals surface area (Å²) in [5, 5.41) is 16.2. The lowest BCUT2D eigenvalue weighted by Gasteiger charge is -2.01. The minimum absolute atomic E-state index is 0.159. The second-order valence-electron chi connectivity index (χ2n) is 4.29. The normalized spacial score (nSPS) is 23.4. The molecular formula is C12H12FN3O2. The Kier molecular flexibility index (Phi) is 2.81. The number of benzene rings is 1. The van der Waals surface area contributed by atoms with Gasteiger partial charge in [0.25, 0.3) is 0 Å². The van der Waals surface area contributed by atoms with Gasteiger partial charge in [0.1, 0.15) is 5.82 Å². The van der Waals surface area contributed by atoms with Gasteiger partial charge >= 0.3 is 0 Å². The average Bonchev–Trinajstić information content (AvgIpc) is 2.98. The van der Waals surface area contributed by atoms with Crippen molar-refractivity contribution >= 4 is 0 Å². The summed E-state index contributed by atoms with van der Waals surface area (Å²) in [4.78, 5) is 4.17. The predicted molar refractivity (Wildman–Crippen MR) is 61.1 cm³/mol. The van der Waals surface area contributed by atoms with Gasteiger partial charge in [-0.15, -0.1) is 0 Å². The van der Waals surface area contributed by atoms with E-state index in [4.69, 9.17) is 4.52 Å². The van der Waals surface area contributed by atoms with Crippen molar-refractivity contribution in [1.82, 2.24) is 15.5 Å². The lowest BCUT2D eigenvalue weighted by Crippen LogP contribution is -2.15. The molecular weight excluding hydrogens is 237 g/mol. The fourth-order valence-corrected chi connectivity index (χ4v) is 2.03. The molecule has 2 aromatic rings. The Hall–Kier alpha value is -1.79.